The van der Waals surface area contributed by atoms with Gasteiger partial charge in [-0.05, 0) is 38.2 Å². The molecule has 1 unspecified atom stereocenters. The van der Waals surface area contributed by atoms with Crippen LogP contribution in [0.25, 0.3) is 0 Å². The average Bonchev–Trinajstić information content (AvgIpc) is 2.46. The van der Waals surface area contributed by atoms with Crippen LogP contribution in [0.1, 0.15) is 17.9 Å². The van der Waals surface area contributed by atoms with E-state index in [1.807, 2.05) is 12.1 Å². The summed E-state index contributed by atoms with van der Waals surface area (Å²) >= 11 is 0. The summed E-state index contributed by atoms with van der Waals surface area (Å²) in [6.07, 6.45) is 5.37. The van der Waals surface area contributed by atoms with Crippen LogP contribution in [0.3, 0.4) is 0 Å². The van der Waals surface area contributed by atoms with Crippen LogP contribution in [0, 0.1) is 0 Å². The second-order valence-electron chi connectivity index (χ2n) is 5.42. The number of likely N-dealkylation sites (N-methyl/N-ethyl adjacent to an activating group) is 1. The van der Waals surface area contributed by atoms with Crippen LogP contribution in [-0.4, -0.2) is 45.3 Å². The molecule has 0 radical (unpaired) electrons. The van der Waals surface area contributed by atoms with Gasteiger partial charge in [-0.25, -0.2) is 0 Å². The minimum atomic E-state index is 0.0769. The lowest BCUT2D eigenvalue weighted by Gasteiger charge is -2.36. The van der Waals surface area contributed by atoms with Gasteiger partial charge in [-0.2, -0.15) is 0 Å². The smallest absolute Gasteiger partial charge is 0.160 e. The van der Waals surface area contributed by atoms with Crippen molar-refractivity contribution in [3.05, 3.63) is 35.9 Å². The van der Waals surface area contributed by atoms with E-state index in [1.54, 1.807) is 14.2 Å². The molecule has 3 atom stereocenters. The maximum absolute atomic E-state index is 6.45. The molecule has 0 saturated heterocycles. The van der Waals surface area contributed by atoms with E-state index in [9.17, 15) is 0 Å². The molecule has 0 amide bonds. The molecule has 2 N–H and O–H groups in total. The van der Waals surface area contributed by atoms with Crippen LogP contribution < -0.4 is 15.2 Å². The van der Waals surface area contributed by atoms with Gasteiger partial charge in [0.2, 0.25) is 0 Å². The second-order valence-corrected chi connectivity index (χ2v) is 5.42. The van der Waals surface area contributed by atoms with E-state index in [0.29, 0.717) is 5.92 Å². The first-order chi connectivity index (χ1) is 9.58. The molecule has 0 spiro atoms. The molecule has 4 heteroatoms. The fourth-order valence-corrected chi connectivity index (χ4v) is 2.85. The Balaban J connectivity index is 2.29. The predicted octanol–water partition coefficient (Wildman–Crippen LogP) is 2.00. The molecule has 0 heterocycles. The second kappa shape index (κ2) is 6.29. The zero-order chi connectivity index (χ0) is 14.7. The number of methoxy groups -OCH3 is 2. The first kappa shape index (κ1) is 14.9. The number of hydrogen-bond donors (Lipinski definition) is 1. The van der Waals surface area contributed by atoms with Crippen molar-refractivity contribution in [2.75, 3.05) is 28.3 Å². The summed E-state index contributed by atoms with van der Waals surface area (Å²) < 4.78 is 10.7. The molecule has 1 aliphatic carbocycles. The quantitative estimate of drug-likeness (QED) is 0.855. The average molecular weight is 276 g/mol. The van der Waals surface area contributed by atoms with E-state index in [4.69, 9.17) is 15.2 Å². The summed E-state index contributed by atoms with van der Waals surface area (Å²) in [4.78, 5) is 2.16. The van der Waals surface area contributed by atoms with Crippen LogP contribution >= 0.6 is 0 Å². The number of nitrogens with two attached hydrogens (primary N) is 1. The van der Waals surface area contributed by atoms with Crippen molar-refractivity contribution in [2.24, 2.45) is 5.73 Å². The topological polar surface area (TPSA) is 47.7 Å². The van der Waals surface area contributed by atoms with Gasteiger partial charge >= 0.3 is 0 Å². The molecule has 20 heavy (non-hydrogen) atoms. The summed E-state index contributed by atoms with van der Waals surface area (Å²) in [6, 6.07) is 6.41. The number of allylic oxidation sites excluding steroid dienone is 1. The maximum atomic E-state index is 6.45. The molecule has 2 rings (SSSR count). The molecule has 1 aromatic carbocycles. The van der Waals surface area contributed by atoms with Gasteiger partial charge in [-0.3, -0.25) is 0 Å². The minimum Gasteiger partial charge on any atom is -0.493 e. The summed E-state index contributed by atoms with van der Waals surface area (Å²) in [6.45, 7) is 0. The van der Waals surface area contributed by atoms with E-state index in [2.05, 4.69) is 37.2 Å². The van der Waals surface area contributed by atoms with E-state index >= 15 is 0 Å². The molecule has 1 aromatic rings. The van der Waals surface area contributed by atoms with Crippen molar-refractivity contribution in [3.63, 3.8) is 0 Å². The number of hydrogen-bond acceptors (Lipinski definition) is 4. The molecule has 0 aliphatic heterocycles. The lowest BCUT2D eigenvalue weighted by atomic mass is 9.81. The van der Waals surface area contributed by atoms with Gasteiger partial charge in [0, 0.05) is 18.0 Å². The molecule has 0 bridgehead atoms. The maximum Gasteiger partial charge on any atom is 0.160 e. The first-order valence-electron chi connectivity index (χ1n) is 6.89. The SMILES string of the molecule is COc1ccc([C@@H]2CC=C[C@H](N(C)C)C2N)cc1OC. The molecular weight excluding hydrogens is 252 g/mol. The zero-order valence-electron chi connectivity index (χ0n) is 12.7. The van der Waals surface area contributed by atoms with Gasteiger partial charge < -0.3 is 20.1 Å². The van der Waals surface area contributed by atoms with E-state index in [1.165, 1.54) is 5.56 Å². The number of nitrogens with zero attached hydrogens (tertiary/aromatic N) is 1. The Morgan fingerprint density at radius 2 is 1.85 bits per heavy atom. The van der Waals surface area contributed by atoms with Gasteiger partial charge in [0.25, 0.3) is 0 Å². The monoisotopic (exact) mass is 276 g/mol. The van der Waals surface area contributed by atoms with Crippen molar-refractivity contribution in [3.8, 4) is 11.5 Å². The zero-order valence-corrected chi connectivity index (χ0v) is 12.7. The Bertz CT molecular complexity index is 485. The van der Waals surface area contributed by atoms with Crippen molar-refractivity contribution >= 4 is 0 Å². The highest BCUT2D eigenvalue weighted by molar-refractivity contribution is 5.44. The molecule has 110 valence electrons. The van der Waals surface area contributed by atoms with Crippen LogP contribution in [0.2, 0.25) is 0 Å². The standard InChI is InChI=1S/C16H24N2O2/c1-18(2)13-7-5-6-12(16(13)17)11-8-9-14(19-3)15(10-11)20-4/h5,7-10,12-13,16H,6,17H2,1-4H3/t12-,13-,16?/m0/s1. The highest BCUT2D eigenvalue weighted by Gasteiger charge is 2.30. The van der Waals surface area contributed by atoms with Crippen LogP contribution in [0.5, 0.6) is 11.5 Å². The largest absolute Gasteiger partial charge is 0.493 e. The van der Waals surface area contributed by atoms with Crippen LogP contribution in [-0.2, 0) is 0 Å². The number of ether oxygens (including phenoxy) is 2. The number of benzene rings is 1. The van der Waals surface area contributed by atoms with E-state index in [-0.39, 0.29) is 12.1 Å². The summed E-state index contributed by atoms with van der Waals surface area (Å²) in [5.74, 6) is 1.81. The third-order valence-corrected chi connectivity index (χ3v) is 4.01. The van der Waals surface area contributed by atoms with Gasteiger partial charge in [-0.15, -0.1) is 0 Å². The van der Waals surface area contributed by atoms with Gasteiger partial charge in [0.1, 0.15) is 0 Å². The Morgan fingerprint density at radius 1 is 1.15 bits per heavy atom. The summed E-state index contributed by atoms with van der Waals surface area (Å²) in [7, 11) is 7.43. The predicted molar refractivity (Wildman–Crippen MR) is 81.5 cm³/mol. The molecule has 0 fully saturated rings. The Labute approximate surface area is 121 Å². The lowest BCUT2D eigenvalue weighted by molar-refractivity contribution is 0.268. The molecule has 0 saturated carbocycles. The number of rotatable bonds is 4. The summed E-state index contributed by atoms with van der Waals surface area (Å²) in [5, 5.41) is 0. The Morgan fingerprint density at radius 3 is 2.45 bits per heavy atom. The molecule has 0 aromatic heterocycles. The van der Waals surface area contributed by atoms with Crippen molar-refractivity contribution in [1.82, 2.24) is 4.90 Å². The van der Waals surface area contributed by atoms with Crippen molar-refractivity contribution < 1.29 is 9.47 Å². The Hall–Kier alpha value is -1.52. The normalized spacial score (nSPS) is 25.8. The van der Waals surface area contributed by atoms with Crippen LogP contribution in [0.15, 0.2) is 30.4 Å². The third-order valence-electron chi connectivity index (χ3n) is 4.01. The van der Waals surface area contributed by atoms with Crippen molar-refractivity contribution in [1.29, 1.82) is 0 Å². The minimum absolute atomic E-state index is 0.0769. The molecule has 4 nitrogen and oxygen atoms in total. The van der Waals surface area contributed by atoms with E-state index in [0.717, 1.165) is 17.9 Å². The van der Waals surface area contributed by atoms with Gasteiger partial charge in [0.05, 0.1) is 14.2 Å². The highest BCUT2D eigenvalue weighted by Crippen LogP contribution is 2.35. The van der Waals surface area contributed by atoms with E-state index < -0.39 is 0 Å². The third kappa shape index (κ3) is 2.81. The summed E-state index contributed by atoms with van der Waals surface area (Å²) in [5.41, 5.74) is 7.65. The fourth-order valence-electron chi connectivity index (χ4n) is 2.85. The van der Waals surface area contributed by atoms with Crippen molar-refractivity contribution in [2.45, 2.75) is 24.4 Å². The van der Waals surface area contributed by atoms with Crippen LogP contribution in [0.4, 0.5) is 0 Å². The molecule has 1 aliphatic rings. The highest BCUT2D eigenvalue weighted by atomic mass is 16.5. The van der Waals surface area contributed by atoms with Gasteiger partial charge in [0.15, 0.2) is 11.5 Å². The Kier molecular flexibility index (Phi) is 4.68. The lowest BCUT2D eigenvalue weighted by Crippen LogP contribution is -2.48. The first-order valence-corrected chi connectivity index (χ1v) is 6.89. The fraction of sp³-hybridized carbons (Fsp3) is 0.500. The molecular formula is C16H24N2O2. The van der Waals surface area contributed by atoms with Gasteiger partial charge in [-0.1, -0.05) is 18.2 Å².